The van der Waals surface area contributed by atoms with Crippen molar-refractivity contribution in [2.75, 3.05) is 18.2 Å². The number of carbonyl (C=O) groups is 1. The van der Waals surface area contributed by atoms with Crippen LogP contribution in [0.3, 0.4) is 0 Å². The Morgan fingerprint density at radius 2 is 1.87 bits per heavy atom. The molecule has 0 spiro atoms. The van der Waals surface area contributed by atoms with Crippen molar-refractivity contribution in [3.63, 3.8) is 0 Å². The average molecular weight is 208 g/mol. The van der Waals surface area contributed by atoms with Crippen molar-refractivity contribution in [2.45, 2.75) is 19.4 Å². The second-order valence-electron chi connectivity index (χ2n) is 3.79. The lowest BCUT2D eigenvalue weighted by Gasteiger charge is -2.21. The third-order valence-corrected chi connectivity index (χ3v) is 2.23. The van der Waals surface area contributed by atoms with E-state index in [-0.39, 0.29) is 5.91 Å². The fraction of sp³-hybridized carbons (Fsp3) is 0.364. The smallest absolute Gasteiger partial charge is 0.256 e. The number of amides is 1. The summed E-state index contributed by atoms with van der Waals surface area (Å²) < 4.78 is 5.06. The van der Waals surface area contributed by atoms with E-state index in [0.29, 0.717) is 11.4 Å². The summed E-state index contributed by atoms with van der Waals surface area (Å²) in [5.41, 5.74) is 6.07. The van der Waals surface area contributed by atoms with Gasteiger partial charge in [-0.2, -0.15) is 0 Å². The van der Waals surface area contributed by atoms with Gasteiger partial charge in [0, 0.05) is 18.5 Å². The molecule has 0 heterocycles. The zero-order valence-electron chi connectivity index (χ0n) is 9.20. The average Bonchev–Trinajstić information content (AvgIpc) is 2.21. The molecule has 4 nitrogen and oxygen atoms in total. The highest BCUT2D eigenvalue weighted by Gasteiger charge is 2.26. The minimum atomic E-state index is -0.832. The zero-order chi connectivity index (χ0) is 11.5. The van der Waals surface area contributed by atoms with Crippen molar-refractivity contribution in [1.29, 1.82) is 0 Å². The van der Waals surface area contributed by atoms with E-state index in [1.807, 2.05) is 0 Å². The van der Waals surface area contributed by atoms with Crippen LogP contribution in [0, 0.1) is 0 Å². The summed E-state index contributed by atoms with van der Waals surface area (Å²) in [5.74, 6) is -0.185. The van der Waals surface area contributed by atoms with Crippen molar-refractivity contribution in [1.82, 2.24) is 0 Å². The Morgan fingerprint density at radius 1 is 1.33 bits per heavy atom. The van der Waals surface area contributed by atoms with Gasteiger partial charge in [0.25, 0.3) is 5.91 Å². The molecule has 1 aromatic rings. The van der Waals surface area contributed by atoms with Gasteiger partial charge in [-0.15, -0.1) is 0 Å². The Hall–Kier alpha value is -1.55. The molecule has 0 aliphatic carbocycles. The molecule has 0 saturated heterocycles. The standard InChI is InChI=1S/C11H16N2O2/c1-11(2,15-3)10(14)13-9-6-4-8(12)5-7-9/h4-7H,12H2,1-3H3,(H,13,14). The quantitative estimate of drug-likeness (QED) is 0.742. The van der Waals surface area contributed by atoms with Crippen molar-refractivity contribution in [3.8, 4) is 0 Å². The molecule has 0 fully saturated rings. The largest absolute Gasteiger partial charge is 0.399 e. The molecule has 1 rings (SSSR count). The SMILES string of the molecule is COC(C)(C)C(=O)Nc1ccc(N)cc1. The first kappa shape index (κ1) is 11.5. The molecular formula is C11H16N2O2. The van der Waals surface area contributed by atoms with Crippen LogP contribution in [0.1, 0.15) is 13.8 Å². The molecule has 0 unspecified atom stereocenters. The first-order valence-corrected chi connectivity index (χ1v) is 4.68. The molecule has 82 valence electrons. The molecule has 3 N–H and O–H groups in total. The van der Waals surface area contributed by atoms with E-state index in [9.17, 15) is 4.79 Å². The zero-order valence-corrected chi connectivity index (χ0v) is 9.20. The molecule has 0 bridgehead atoms. The van der Waals surface area contributed by atoms with E-state index >= 15 is 0 Å². The van der Waals surface area contributed by atoms with E-state index < -0.39 is 5.60 Å². The van der Waals surface area contributed by atoms with Crippen LogP contribution in [-0.4, -0.2) is 18.6 Å². The van der Waals surface area contributed by atoms with Crippen LogP contribution in [0.5, 0.6) is 0 Å². The van der Waals surface area contributed by atoms with Crippen molar-refractivity contribution in [3.05, 3.63) is 24.3 Å². The summed E-state index contributed by atoms with van der Waals surface area (Å²) in [4.78, 5) is 11.7. The van der Waals surface area contributed by atoms with Gasteiger partial charge >= 0.3 is 0 Å². The Labute approximate surface area is 89.4 Å². The predicted octanol–water partition coefficient (Wildman–Crippen LogP) is 1.63. The maximum Gasteiger partial charge on any atom is 0.256 e. The van der Waals surface area contributed by atoms with Crippen LogP contribution >= 0.6 is 0 Å². The lowest BCUT2D eigenvalue weighted by molar-refractivity contribution is -0.133. The van der Waals surface area contributed by atoms with E-state index in [1.165, 1.54) is 7.11 Å². The maximum atomic E-state index is 11.7. The third kappa shape index (κ3) is 2.95. The second kappa shape index (κ2) is 4.31. The van der Waals surface area contributed by atoms with Crippen molar-refractivity contribution >= 4 is 17.3 Å². The van der Waals surface area contributed by atoms with Crippen LogP contribution in [-0.2, 0) is 9.53 Å². The highest BCUT2D eigenvalue weighted by molar-refractivity contribution is 5.96. The van der Waals surface area contributed by atoms with Crippen LogP contribution < -0.4 is 11.1 Å². The summed E-state index contributed by atoms with van der Waals surface area (Å²) >= 11 is 0. The Morgan fingerprint density at radius 3 is 2.33 bits per heavy atom. The minimum Gasteiger partial charge on any atom is -0.399 e. The molecule has 0 aromatic heterocycles. The molecule has 0 radical (unpaired) electrons. The fourth-order valence-corrected chi connectivity index (χ4v) is 0.941. The molecule has 15 heavy (non-hydrogen) atoms. The lowest BCUT2D eigenvalue weighted by Crippen LogP contribution is -2.38. The number of ether oxygens (including phenoxy) is 1. The van der Waals surface area contributed by atoms with Gasteiger partial charge in [-0.05, 0) is 38.1 Å². The van der Waals surface area contributed by atoms with E-state index in [4.69, 9.17) is 10.5 Å². The lowest BCUT2D eigenvalue weighted by atomic mass is 10.1. The second-order valence-corrected chi connectivity index (χ2v) is 3.79. The van der Waals surface area contributed by atoms with E-state index in [2.05, 4.69) is 5.32 Å². The Bertz CT molecular complexity index is 344. The number of nitrogens with one attached hydrogen (secondary N) is 1. The number of hydrogen-bond acceptors (Lipinski definition) is 3. The number of methoxy groups -OCH3 is 1. The molecule has 0 aliphatic heterocycles. The van der Waals surface area contributed by atoms with Crippen LogP contribution in [0.15, 0.2) is 24.3 Å². The molecular weight excluding hydrogens is 192 g/mol. The van der Waals surface area contributed by atoms with Gasteiger partial charge in [0.2, 0.25) is 0 Å². The van der Waals surface area contributed by atoms with Gasteiger partial charge in [-0.1, -0.05) is 0 Å². The van der Waals surface area contributed by atoms with Gasteiger partial charge in [-0.25, -0.2) is 0 Å². The third-order valence-electron chi connectivity index (χ3n) is 2.23. The Kier molecular flexibility index (Phi) is 3.31. The van der Waals surface area contributed by atoms with E-state index in [1.54, 1.807) is 38.1 Å². The van der Waals surface area contributed by atoms with Gasteiger partial charge in [0.15, 0.2) is 0 Å². The van der Waals surface area contributed by atoms with Gasteiger partial charge in [0.1, 0.15) is 5.60 Å². The summed E-state index contributed by atoms with van der Waals surface area (Å²) in [7, 11) is 1.50. The van der Waals surface area contributed by atoms with Crippen LogP contribution in [0.25, 0.3) is 0 Å². The minimum absolute atomic E-state index is 0.185. The number of nitrogen functional groups attached to an aromatic ring is 1. The number of anilines is 2. The molecule has 0 saturated carbocycles. The van der Waals surface area contributed by atoms with Gasteiger partial charge in [-0.3, -0.25) is 4.79 Å². The Balaban J connectivity index is 2.71. The normalized spacial score (nSPS) is 11.1. The van der Waals surface area contributed by atoms with Gasteiger partial charge < -0.3 is 15.8 Å². The van der Waals surface area contributed by atoms with Gasteiger partial charge in [0.05, 0.1) is 0 Å². The summed E-state index contributed by atoms with van der Waals surface area (Å²) in [6, 6.07) is 6.96. The molecule has 4 heteroatoms. The molecule has 0 aliphatic rings. The maximum absolute atomic E-state index is 11.7. The monoisotopic (exact) mass is 208 g/mol. The number of rotatable bonds is 3. The first-order chi connectivity index (χ1) is 6.95. The summed E-state index contributed by atoms with van der Waals surface area (Å²) in [6.45, 7) is 3.42. The number of nitrogens with two attached hydrogens (primary N) is 1. The summed E-state index contributed by atoms with van der Waals surface area (Å²) in [5, 5.41) is 2.74. The van der Waals surface area contributed by atoms with Crippen LogP contribution in [0.4, 0.5) is 11.4 Å². The number of hydrogen-bond donors (Lipinski definition) is 2. The highest BCUT2D eigenvalue weighted by atomic mass is 16.5. The van der Waals surface area contributed by atoms with Crippen LogP contribution in [0.2, 0.25) is 0 Å². The van der Waals surface area contributed by atoms with Crippen molar-refractivity contribution in [2.24, 2.45) is 0 Å². The number of benzene rings is 1. The number of carbonyl (C=O) groups excluding carboxylic acids is 1. The molecule has 1 aromatic carbocycles. The highest BCUT2D eigenvalue weighted by Crippen LogP contribution is 2.14. The fourth-order valence-electron chi connectivity index (χ4n) is 0.941. The summed E-state index contributed by atoms with van der Waals surface area (Å²) in [6.07, 6.45) is 0. The molecule has 1 amide bonds. The first-order valence-electron chi connectivity index (χ1n) is 4.68. The van der Waals surface area contributed by atoms with Crippen molar-refractivity contribution < 1.29 is 9.53 Å². The topological polar surface area (TPSA) is 64.3 Å². The van der Waals surface area contributed by atoms with E-state index in [0.717, 1.165) is 0 Å². The predicted molar refractivity (Wildman–Crippen MR) is 60.6 cm³/mol. The molecule has 0 atom stereocenters.